The smallest absolute Gasteiger partial charge is 0.234 e. The second kappa shape index (κ2) is 8.83. The highest BCUT2D eigenvalue weighted by Crippen LogP contribution is 2.42. The molecule has 1 aromatic carbocycles. The highest BCUT2D eigenvalue weighted by atomic mass is 19.1. The Hall–Kier alpha value is -1.95. The van der Waals surface area contributed by atoms with Crippen LogP contribution in [0.25, 0.3) is 0 Å². The molecule has 0 aromatic heterocycles. The normalized spacial score (nSPS) is 19.9. The van der Waals surface area contributed by atoms with Crippen LogP contribution in [0.5, 0.6) is 0 Å². The average molecular weight is 375 g/mol. The van der Waals surface area contributed by atoms with Crippen LogP contribution in [-0.4, -0.2) is 60.9 Å². The number of hydrogen-bond donors (Lipinski definition) is 1. The van der Waals surface area contributed by atoms with E-state index in [1.165, 1.54) is 12.1 Å². The van der Waals surface area contributed by atoms with Gasteiger partial charge in [-0.25, -0.2) is 4.39 Å². The summed E-state index contributed by atoms with van der Waals surface area (Å²) < 4.78 is 13.3. The summed E-state index contributed by atoms with van der Waals surface area (Å²) in [4.78, 5) is 29.4. The predicted octanol–water partition coefficient (Wildman–Crippen LogP) is 2.31. The number of rotatable bonds is 6. The molecule has 2 fully saturated rings. The van der Waals surface area contributed by atoms with Gasteiger partial charge in [0.1, 0.15) is 5.82 Å². The maximum absolute atomic E-state index is 13.4. The molecule has 0 radical (unpaired) electrons. The minimum Gasteiger partial charge on any atom is -0.355 e. The first-order valence-corrected chi connectivity index (χ1v) is 10.1. The average Bonchev–Trinajstić information content (AvgIpc) is 3.18. The maximum Gasteiger partial charge on any atom is 0.234 e. The lowest BCUT2D eigenvalue weighted by Gasteiger charge is -2.40. The van der Waals surface area contributed by atoms with Gasteiger partial charge < -0.3 is 10.2 Å². The van der Waals surface area contributed by atoms with Gasteiger partial charge in [-0.1, -0.05) is 31.9 Å². The van der Waals surface area contributed by atoms with Crippen LogP contribution in [0, 0.1) is 5.82 Å². The molecule has 148 valence electrons. The van der Waals surface area contributed by atoms with E-state index in [-0.39, 0.29) is 17.6 Å². The van der Waals surface area contributed by atoms with Gasteiger partial charge in [0.15, 0.2) is 0 Å². The Balaban J connectivity index is 1.62. The first kappa shape index (κ1) is 19.8. The van der Waals surface area contributed by atoms with Crippen LogP contribution in [0.15, 0.2) is 24.3 Å². The number of halogens is 1. The number of benzene rings is 1. The van der Waals surface area contributed by atoms with E-state index in [2.05, 4.69) is 10.2 Å². The zero-order valence-corrected chi connectivity index (χ0v) is 16.2. The number of nitrogens with one attached hydrogen (secondary N) is 1. The minimum absolute atomic E-state index is 0.0511. The van der Waals surface area contributed by atoms with Gasteiger partial charge in [-0.2, -0.15) is 0 Å². The van der Waals surface area contributed by atoms with Crippen LogP contribution in [0.2, 0.25) is 0 Å². The second-order valence-corrected chi connectivity index (χ2v) is 7.71. The fourth-order valence-corrected chi connectivity index (χ4v) is 4.31. The molecule has 1 N–H and O–H groups in total. The highest BCUT2D eigenvalue weighted by molar-refractivity contribution is 5.89. The molecule has 2 amide bonds. The molecule has 1 aromatic rings. The number of piperazine rings is 1. The molecule has 3 rings (SSSR count). The quantitative estimate of drug-likeness (QED) is 0.830. The Morgan fingerprint density at radius 1 is 1.07 bits per heavy atom. The number of nitrogens with zero attached hydrogens (tertiary/aromatic N) is 2. The van der Waals surface area contributed by atoms with Crippen molar-refractivity contribution in [1.82, 2.24) is 15.1 Å². The predicted molar refractivity (Wildman–Crippen MR) is 103 cm³/mol. The van der Waals surface area contributed by atoms with Gasteiger partial charge in [0, 0.05) is 32.7 Å². The molecule has 27 heavy (non-hydrogen) atoms. The van der Waals surface area contributed by atoms with Crippen molar-refractivity contribution in [1.29, 1.82) is 0 Å². The molecule has 0 unspecified atom stereocenters. The molecule has 0 bridgehead atoms. The van der Waals surface area contributed by atoms with E-state index in [4.69, 9.17) is 0 Å². The Morgan fingerprint density at radius 3 is 2.30 bits per heavy atom. The summed E-state index contributed by atoms with van der Waals surface area (Å²) in [5, 5.41) is 2.90. The Morgan fingerprint density at radius 2 is 1.70 bits per heavy atom. The Labute approximate surface area is 160 Å². The van der Waals surface area contributed by atoms with Gasteiger partial charge >= 0.3 is 0 Å². The lowest BCUT2D eigenvalue weighted by Crippen LogP contribution is -2.55. The molecule has 1 saturated heterocycles. The van der Waals surface area contributed by atoms with E-state index in [0.29, 0.717) is 39.3 Å². The number of amides is 2. The third-order valence-corrected chi connectivity index (χ3v) is 5.86. The van der Waals surface area contributed by atoms with Crippen molar-refractivity contribution in [2.75, 3.05) is 39.3 Å². The molecule has 5 nitrogen and oxygen atoms in total. The number of hydrogen-bond acceptors (Lipinski definition) is 3. The maximum atomic E-state index is 13.4. The molecule has 6 heteroatoms. The van der Waals surface area contributed by atoms with Gasteiger partial charge in [0.2, 0.25) is 11.8 Å². The largest absolute Gasteiger partial charge is 0.355 e. The van der Waals surface area contributed by atoms with Crippen molar-refractivity contribution < 1.29 is 14.0 Å². The molecular formula is C21H30FN3O2. The lowest BCUT2D eigenvalue weighted by molar-refractivity contribution is -0.139. The van der Waals surface area contributed by atoms with Crippen molar-refractivity contribution in [3.63, 3.8) is 0 Å². The van der Waals surface area contributed by atoms with Crippen LogP contribution in [0.4, 0.5) is 4.39 Å². The van der Waals surface area contributed by atoms with E-state index in [0.717, 1.165) is 37.7 Å². The SMILES string of the molecule is CCCNC(=O)CN1CCN(C(=O)C2(c3ccc(F)cc3)CCCC2)CC1. The van der Waals surface area contributed by atoms with Crippen molar-refractivity contribution >= 4 is 11.8 Å². The van der Waals surface area contributed by atoms with Crippen LogP contribution < -0.4 is 5.32 Å². The molecule has 1 aliphatic carbocycles. The third-order valence-electron chi connectivity index (χ3n) is 5.86. The van der Waals surface area contributed by atoms with Crippen LogP contribution >= 0.6 is 0 Å². The zero-order chi connectivity index (χ0) is 19.3. The number of carbonyl (C=O) groups excluding carboxylic acids is 2. The Kier molecular flexibility index (Phi) is 6.47. The standard InChI is InChI=1S/C21H30FN3O2/c1-2-11-23-19(26)16-24-12-14-25(15-13-24)20(27)21(9-3-4-10-21)17-5-7-18(22)8-6-17/h5-8H,2-4,9-16H2,1H3,(H,23,26). The first-order valence-electron chi connectivity index (χ1n) is 10.1. The van der Waals surface area contributed by atoms with Gasteiger partial charge in [0.25, 0.3) is 0 Å². The molecule has 1 aliphatic heterocycles. The summed E-state index contributed by atoms with van der Waals surface area (Å²) in [6.45, 7) is 5.84. The van der Waals surface area contributed by atoms with E-state index < -0.39 is 5.41 Å². The summed E-state index contributed by atoms with van der Waals surface area (Å²) in [5.74, 6) is -0.0498. The third kappa shape index (κ3) is 4.49. The van der Waals surface area contributed by atoms with Crippen molar-refractivity contribution in [2.24, 2.45) is 0 Å². The second-order valence-electron chi connectivity index (χ2n) is 7.71. The lowest BCUT2D eigenvalue weighted by atomic mass is 9.77. The monoisotopic (exact) mass is 375 g/mol. The van der Waals surface area contributed by atoms with Crippen LogP contribution in [-0.2, 0) is 15.0 Å². The van der Waals surface area contributed by atoms with Gasteiger partial charge in [0.05, 0.1) is 12.0 Å². The van der Waals surface area contributed by atoms with E-state index in [9.17, 15) is 14.0 Å². The van der Waals surface area contributed by atoms with Crippen molar-refractivity contribution in [3.05, 3.63) is 35.6 Å². The summed E-state index contributed by atoms with van der Waals surface area (Å²) in [6, 6.07) is 6.45. The Bertz CT molecular complexity index is 648. The fourth-order valence-electron chi connectivity index (χ4n) is 4.31. The molecule has 2 aliphatic rings. The molecule has 0 spiro atoms. The van der Waals surface area contributed by atoms with Crippen molar-refractivity contribution in [2.45, 2.75) is 44.4 Å². The van der Waals surface area contributed by atoms with E-state index in [1.54, 1.807) is 12.1 Å². The summed E-state index contributed by atoms with van der Waals surface area (Å²) in [6.07, 6.45) is 4.65. The minimum atomic E-state index is -0.506. The summed E-state index contributed by atoms with van der Waals surface area (Å²) >= 11 is 0. The van der Waals surface area contributed by atoms with E-state index >= 15 is 0 Å². The first-order chi connectivity index (χ1) is 13.0. The summed E-state index contributed by atoms with van der Waals surface area (Å²) in [7, 11) is 0. The fraction of sp³-hybridized carbons (Fsp3) is 0.619. The zero-order valence-electron chi connectivity index (χ0n) is 16.2. The van der Waals surface area contributed by atoms with Crippen LogP contribution in [0.1, 0.15) is 44.6 Å². The summed E-state index contributed by atoms with van der Waals surface area (Å²) in [5.41, 5.74) is 0.432. The molecule has 1 heterocycles. The topological polar surface area (TPSA) is 52.7 Å². The van der Waals surface area contributed by atoms with E-state index in [1.807, 2.05) is 11.8 Å². The molecule has 1 saturated carbocycles. The number of carbonyl (C=O) groups is 2. The molecular weight excluding hydrogens is 345 g/mol. The van der Waals surface area contributed by atoms with Gasteiger partial charge in [-0.3, -0.25) is 14.5 Å². The van der Waals surface area contributed by atoms with Crippen molar-refractivity contribution in [3.8, 4) is 0 Å². The molecule has 0 atom stereocenters. The van der Waals surface area contributed by atoms with Gasteiger partial charge in [-0.15, -0.1) is 0 Å². The van der Waals surface area contributed by atoms with Crippen LogP contribution in [0.3, 0.4) is 0 Å². The highest BCUT2D eigenvalue weighted by Gasteiger charge is 2.45. The van der Waals surface area contributed by atoms with Gasteiger partial charge in [-0.05, 0) is 37.0 Å².